The molecule has 6 heteroatoms. The van der Waals surface area contributed by atoms with Crippen LogP contribution in [0.5, 0.6) is 0 Å². The number of hydrogen-bond acceptors (Lipinski definition) is 4. The molecule has 174 valence electrons. The number of likely N-dealkylation sites (tertiary alicyclic amines) is 1. The molecule has 1 aliphatic heterocycles. The summed E-state index contributed by atoms with van der Waals surface area (Å²) in [7, 11) is 0. The number of rotatable bonds is 6. The second-order valence-electron chi connectivity index (χ2n) is 9.33. The van der Waals surface area contributed by atoms with Crippen LogP contribution in [0.1, 0.15) is 58.6 Å². The summed E-state index contributed by atoms with van der Waals surface area (Å²) in [5, 5.41) is 17.8. The van der Waals surface area contributed by atoms with Gasteiger partial charge in [0, 0.05) is 24.7 Å². The smallest absolute Gasteiger partial charge is 0.272 e. The lowest BCUT2D eigenvalue weighted by atomic mass is 9.91. The molecule has 0 bridgehead atoms. The summed E-state index contributed by atoms with van der Waals surface area (Å²) in [5.74, 6) is 0.0859. The Morgan fingerprint density at radius 2 is 1.82 bits per heavy atom. The van der Waals surface area contributed by atoms with Gasteiger partial charge in [-0.3, -0.25) is 4.79 Å². The minimum absolute atomic E-state index is 0.0859. The molecule has 1 unspecified atom stereocenters. The van der Waals surface area contributed by atoms with Crippen LogP contribution in [-0.2, 0) is 19.3 Å². The molecule has 2 aromatic carbocycles. The quantitative estimate of drug-likeness (QED) is 0.611. The van der Waals surface area contributed by atoms with Gasteiger partial charge in [-0.2, -0.15) is 10.4 Å². The number of nitriles is 1. The van der Waals surface area contributed by atoms with Gasteiger partial charge in [0.2, 0.25) is 0 Å². The third-order valence-corrected chi connectivity index (χ3v) is 7.02. The summed E-state index contributed by atoms with van der Waals surface area (Å²) in [4.78, 5) is 15.7. The van der Waals surface area contributed by atoms with Gasteiger partial charge in [-0.05, 0) is 81.3 Å². The Labute approximate surface area is 201 Å². The highest BCUT2D eigenvalue weighted by atomic mass is 16.2. The maximum atomic E-state index is 13.7. The summed E-state index contributed by atoms with van der Waals surface area (Å²) >= 11 is 0. The number of hydrogen-bond donors (Lipinski definition) is 1. The van der Waals surface area contributed by atoms with Gasteiger partial charge in [-0.25, -0.2) is 4.68 Å². The predicted molar refractivity (Wildman–Crippen MR) is 132 cm³/mol. The van der Waals surface area contributed by atoms with Crippen molar-refractivity contribution in [3.63, 3.8) is 0 Å². The van der Waals surface area contributed by atoms with Crippen LogP contribution in [0.25, 0.3) is 5.69 Å². The summed E-state index contributed by atoms with van der Waals surface area (Å²) < 4.78 is 1.83. The van der Waals surface area contributed by atoms with E-state index in [-0.39, 0.29) is 5.91 Å². The van der Waals surface area contributed by atoms with Crippen molar-refractivity contribution in [2.45, 2.75) is 51.0 Å². The fourth-order valence-electron chi connectivity index (χ4n) is 5.14. The molecule has 2 heterocycles. The lowest BCUT2D eigenvalue weighted by molar-refractivity contribution is 0.0713. The van der Waals surface area contributed by atoms with Gasteiger partial charge in [0.25, 0.3) is 5.91 Å². The molecule has 2 aliphatic rings. The number of benzene rings is 2. The predicted octanol–water partition coefficient (Wildman–Crippen LogP) is 4.06. The van der Waals surface area contributed by atoms with Crippen molar-refractivity contribution >= 4 is 5.91 Å². The first-order chi connectivity index (χ1) is 16.7. The van der Waals surface area contributed by atoms with Crippen LogP contribution in [0, 0.1) is 11.3 Å². The summed E-state index contributed by atoms with van der Waals surface area (Å²) in [6, 6.07) is 20.4. The molecule has 6 nitrogen and oxygen atoms in total. The van der Waals surface area contributed by atoms with Crippen molar-refractivity contribution in [3.05, 3.63) is 82.7 Å². The van der Waals surface area contributed by atoms with E-state index in [0.717, 1.165) is 75.1 Å². The second kappa shape index (κ2) is 10.2. The van der Waals surface area contributed by atoms with Crippen LogP contribution >= 0.6 is 0 Å². The first kappa shape index (κ1) is 22.4. The Hall–Kier alpha value is -3.43. The molecule has 0 spiro atoms. The van der Waals surface area contributed by atoms with E-state index in [9.17, 15) is 10.1 Å². The van der Waals surface area contributed by atoms with Gasteiger partial charge >= 0.3 is 0 Å². The van der Waals surface area contributed by atoms with E-state index >= 15 is 0 Å². The average Bonchev–Trinajstić information content (AvgIpc) is 3.28. The van der Waals surface area contributed by atoms with Crippen molar-refractivity contribution in [2.24, 2.45) is 0 Å². The highest BCUT2D eigenvalue weighted by Gasteiger charge is 2.32. The highest BCUT2D eigenvalue weighted by molar-refractivity contribution is 5.95. The van der Waals surface area contributed by atoms with Crippen LogP contribution in [0.3, 0.4) is 0 Å². The first-order valence-electron chi connectivity index (χ1n) is 12.4. The van der Waals surface area contributed by atoms with Gasteiger partial charge in [0.05, 0.1) is 23.0 Å². The molecule has 1 N–H and O–H groups in total. The van der Waals surface area contributed by atoms with E-state index in [4.69, 9.17) is 5.10 Å². The fourth-order valence-corrected chi connectivity index (χ4v) is 5.14. The zero-order valence-electron chi connectivity index (χ0n) is 19.5. The molecule has 1 fully saturated rings. The van der Waals surface area contributed by atoms with E-state index in [1.54, 1.807) is 12.1 Å². The molecular weight excluding hydrogens is 422 g/mol. The largest absolute Gasteiger partial charge is 0.337 e. The van der Waals surface area contributed by atoms with Crippen molar-refractivity contribution in [1.29, 1.82) is 5.26 Å². The highest BCUT2D eigenvalue weighted by Crippen LogP contribution is 2.29. The minimum atomic E-state index is 0.0859. The molecule has 5 rings (SSSR count). The van der Waals surface area contributed by atoms with Crippen LogP contribution in [0.2, 0.25) is 0 Å². The standard InChI is InChI=1S/C28H31N5O/c29-20-22-9-12-24(13-10-22)33-27(28(34)32-17-5-2-6-18-32)25-19-23(11-14-26(25)31-33)30-16-15-21-7-3-1-4-8-21/h1,3-4,7-10,12-13,23,30H,2,5-6,11,14-19H2. The number of piperidine rings is 1. The summed E-state index contributed by atoms with van der Waals surface area (Å²) in [5.41, 5.74) is 5.60. The van der Waals surface area contributed by atoms with Gasteiger partial charge in [-0.1, -0.05) is 30.3 Å². The summed E-state index contributed by atoms with van der Waals surface area (Å²) in [6.07, 6.45) is 6.99. The number of aromatic nitrogens is 2. The van der Waals surface area contributed by atoms with Crippen molar-refractivity contribution in [3.8, 4) is 11.8 Å². The summed E-state index contributed by atoms with van der Waals surface area (Å²) in [6.45, 7) is 2.54. The van der Waals surface area contributed by atoms with Gasteiger partial charge in [-0.15, -0.1) is 0 Å². The number of nitrogens with zero attached hydrogens (tertiary/aromatic N) is 4. The van der Waals surface area contributed by atoms with Gasteiger partial charge < -0.3 is 10.2 Å². The number of carbonyl (C=O) groups excluding carboxylic acids is 1. The Morgan fingerprint density at radius 3 is 2.56 bits per heavy atom. The molecule has 1 atom stereocenters. The molecule has 1 saturated heterocycles. The number of fused-ring (bicyclic) bond motifs is 1. The fraction of sp³-hybridized carbons (Fsp3) is 0.393. The Bertz CT molecular complexity index is 1170. The molecule has 0 radical (unpaired) electrons. The average molecular weight is 454 g/mol. The van der Waals surface area contributed by atoms with E-state index in [1.165, 1.54) is 12.0 Å². The topological polar surface area (TPSA) is 74.0 Å². The van der Waals surface area contributed by atoms with Gasteiger partial charge in [0.1, 0.15) is 5.69 Å². The Balaban J connectivity index is 1.40. The maximum absolute atomic E-state index is 13.7. The molecule has 0 saturated carbocycles. The van der Waals surface area contributed by atoms with E-state index in [0.29, 0.717) is 17.3 Å². The monoisotopic (exact) mass is 453 g/mol. The number of aryl methyl sites for hydroxylation is 1. The molecule has 1 aromatic heterocycles. The second-order valence-corrected chi connectivity index (χ2v) is 9.33. The van der Waals surface area contributed by atoms with Crippen LogP contribution in [0.4, 0.5) is 0 Å². The molecule has 1 amide bonds. The molecular formula is C28H31N5O. The zero-order valence-corrected chi connectivity index (χ0v) is 19.5. The van der Waals surface area contributed by atoms with E-state index in [2.05, 4.69) is 35.7 Å². The molecule has 3 aromatic rings. The SMILES string of the molecule is N#Cc1ccc(-n2nc3c(c2C(=O)N2CCCCC2)CC(NCCc2ccccc2)CC3)cc1. The first-order valence-corrected chi connectivity index (χ1v) is 12.4. The third kappa shape index (κ3) is 4.76. The van der Waals surface area contributed by atoms with Gasteiger partial charge in [0.15, 0.2) is 0 Å². The number of amides is 1. The van der Waals surface area contributed by atoms with Crippen molar-refractivity contribution in [1.82, 2.24) is 20.0 Å². The number of nitrogens with one attached hydrogen (secondary N) is 1. The normalized spacial score (nSPS) is 17.7. The van der Waals surface area contributed by atoms with Crippen LogP contribution in [-0.4, -0.2) is 46.3 Å². The lowest BCUT2D eigenvalue weighted by Gasteiger charge is -2.28. The van der Waals surface area contributed by atoms with Crippen LogP contribution in [0.15, 0.2) is 54.6 Å². The maximum Gasteiger partial charge on any atom is 0.272 e. The molecule has 1 aliphatic carbocycles. The zero-order chi connectivity index (χ0) is 23.3. The van der Waals surface area contributed by atoms with Crippen LogP contribution < -0.4 is 5.32 Å². The molecule has 34 heavy (non-hydrogen) atoms. The Kier molecular flexibility index (Phi) is 6.73. The van der Waals surface area contributed by atoms with Crippen molar-refractivity contribution < 1.29 is 4.79 Å². The van der Waals surface area contributed by atoms with E-state index in [1.807, 2.05) is 27.8 Å². The van der Waals surface area contributed by atoms with E-state index < -0.39 is 0 Å². The number of carbonyl (C=O) groups is 1. The van der Waals surface area contributed by atoms with Crippen molar-refractivity contribution in [2.75, 3.05) is 19.6 Å². The minimum Gasteiger partial charge on any atom is -0.337 e. The third-order valence-electron chi connectivity index (χ3n) is 7.02. The lowest BCUT2D eigenvalue weighted by Crippen LogP contribution is -2.39. The Morgan fingerprint density at radius 1 is 1.06 bits per heavy atom.